The van der Waals surface area contributed by atoms with Gasteiger partial charge in [-0.1, -0.05) is 23.9 Å². The maximum atomic E-state index is 13.2. The number of nitro benzene ring substituents is 1. The second-order valence-corrected chi connectivity index (χ2v) is 8.08. The van der Waals surface area contributed by atoms with Crippen LogP contribution in [0.1, 0.15) is 39.2 Å². The Morgan fingerprint density at radius 2 is 1.76 bits per heavy atom. The van der Waals surface area contributed by atoms with Crippen LogP contribution in [0.5, 0.6) is 0 Å². The number of methoxy groups -OCH3 is 1. The van der Waals surface area contributed by atoms with E-state index in [1.807, 2.05) is 6.92 Å². The van der Waals surface area contributed by atoms with Crippen molar-refractivity contribution < 1.29 is 33.5 Å². The first-order valence-electron chi connectivity index (χ1n) is 10.8. The summed E-state index contributed by atoms with van der Waals surface area (Å²) in [6.45, 7) is 7.56. The highest BCUT2D eigenvalue weighted by atomic mass is 32.2. The summed E-state index contributed by atoms with van der Waals surface area (Å²) in [7, 11) is 1.51. The Balaban J connectivity index is 2.68. The summed E-state index contributed by atoms with van der Waals surface area (Å²) in [6.07, 6.45) is 0. The number of nitrogens with zero attached hydrogens (tertiary/aromatic N) is 1. The van der Waals surface area contributed by atoms with Crippen molar-refractivity contribution >= 4 is 29.4 Å². The topological polar surface area (TPSA) is 126 Å². The average molecular weight is 495 g/mol. The van der Waals surface area contributed by atoms with Crippen LogP contribution in [-0.4, -0.2) is 55.2 Å². The summed E-state index contributed by atoms with van der Waals surface area (Å²) >= 11 is 1.30. The van der Waals surface area contributed by atoms with Gasteiger partial charge in [-0.25, -0.2) is 9.59 Å². The summed E-state index contributed by atoms with van der Waals surface area (Å²) in [6, 6.07) is 5.85. The first kappa shape index (κ1) is 27.4. The molecule has 10 nitrogen and oxygen atoms in total. The second kappa shape index (κ2) is 13.1. The number of allylic oxidation sites excluding steroid dienone is 1. The molecule has 34 heavy (non-hydrogen) atoms. The first-order chi connectivity index (χ1) is 16.3. The van der Waals surface area contributed by atoms with Crippen molar-refractivity contribution in [1.29, 1.82) is 0 Å². The van der Waals surface area contributed by atoms with E-state index >= 15 is 0 Å². The van der Waals surface area contributed by atoms with Gasteiger partial charge in [0.15, 0.2) is 0 Å². The van der Waals surface area contributed by atoms with Gasteiger partial charge in [-0.3, -0.25) is 10.1 Å². The molecule has 0 aromatic heterocycles. The lowest BCUT2D eigenvalue weighted by Gasteiger charge is -2.31. The smallest absolute Gasteiger partial charge is 0.336 e. The molecule has 1 aromatic rings. The van der Waals surface area contributed by atoms with E-state index in [-0.39, 0.29) is 35.8 Å². The fraction of sp³-hybridized carbons (Fsp3) is 0.478. The number of hydrogen-bond donors (Lipinski definition) is 1. The Kier molecular flexibility index (Phi) is 10.6. The molecule has 11 heteroatoms. The number of nitro groups is 1. The zero-order valence-corrected chi connectivity index (χ0v) is 20.7. The van der Waals surface area contributed by atoms with Gasteiger partial charge in [0.1, 0.15) is 0 Å². The largest absolute Gasteiger partial charge is 0.463 e. The highest BCUT2D eigenvalue weighted by Crippen LogP contribution is 2.41. The third-order valence-corrected chi connectivity index (χ3v) is 5.96. The first-order valence-corrected chi connectivity index (χ1v) is 11.9. The normalized spacial score (nSPS) is 16.7. The van der Waals surface area contributed by atoms with Gasteiger partial charge in [0, 0.05) is 43.0 Å². The molecule has 186 valence electrons. The Morgan fingerprint density at radius 3 is 2.32 bits per heavy atom. The molecule has 2 rings (SSSR count). The summed E-state index contributed by atoms with van der Waals surface area (Å²) < 4.78 is 21.4. The third-order valence-electron chi connectivity index (χ3n) is 4.91. The van der Waals surface area contributed by atoms with Crippen molar-refractivity contribution in [2.75, 3.05) is 32.7 Å². The highest BCUT2D eigenvalue weighted by molar-refractivity contribution is 7.99. The van der Waals surface area contributed by atoms with Crippen molar-refractivity contribution in [2.24, 2.45) is 0 Å². The van der Waals surface area contributed by atoms with Crippen LogP contribution >= 0.6 is 11.8 Å². The van der Waals surface area contributed by atoms with Crippen molar-refractivity contribution in [2.45, 2.75) is 39.2 Å². The van der Waals surface area contributed by atoms with Gasteiger partial charge >= 0.3 is 11.9 Å². The van der Waals surface area contributed by atoms with Crippen molar-refractivity contribution in [3.05, 3.63) is 62.5 Å². The SMILES string of the molecule is CCOC(=O)C1=C(C)NC(CSC(OC)OCC)=C(C(=O)OCC)C1c1cccc([N+](=O)[O-])c1. The van der Waals surface area contributed by atoms with Gasteiger partial charge < -0.3 is 24.3 Å². The molecule has 0 bridgehead atoms. The lowest BCUT2D eigenvalue weighted by atomic mass is 9.80. The van der Waals surface area contributed by atoms with Gasteiger partial charge in [-0.15, -0.1) is 0 Å². The number of non-ortho nitro benzene ring substituents is 1. The molecule has 1 N–H and O–H groups in total. The maximum Gasteiger partial charge on any atom is 0.336 e. The van der Waals surface area contributed by atoms with Gasteiger partial charge in [-0.05, 0) is 33.3 Å². The molecule has 0 spiro atoms. The number of rotatable bonds is 12. The molecule has 2 atom stereocenters. The number of carbonyl (C=O) groups excluding carboxylic acids is 2. The number of carbonyl (C=O) groups is 2. The highest BCUT2D eigenvalue weighted by Gasteiger charge is 2.39. The monoisotopic (exact) mass is 494 g/mol. The van der Waals surface area contributed by atoms with Crippen molar-refractivity contribution in [3.8, 4) is 0 Å². The van der Waals surface area contributed by atoms with Crippen LogP contribution in [0.25, 0.3) is 0 Å². The molecular formula is C23H30N2O8S. The average Bonchev–Trinajstić information content (AvgIpc) is 2.81. The number of thioether (sulfide) groups is 1. The summed E-state index contributed by atoms with van der Waals surface area (Å²) in [4.78, 5) is 37.1. The minimum Gasteiger partial charge on any atom is -0.463 e. The van der Waals surface area contributed by atoms with Crippen LogP contribution in [0.2, 0.25) is 0 Å². The van der Waals surface area contributed by atoms with E-state index in [2.05, 4.69) is 5.32 Å². The molecule has 1 heterocycles. The molecule has 0 radical (unpaired) electrons. The van der Waals surface area contributed by atoms with Gasteiger partial charge in [0.2, 0.25) is 5.62 Å². The molecule has 0 aliphatic carbocycles. The zero-order valence-electron chi connectivity index (χ0n) is 19.9. The van der Waals surface area contributed by atoms with E-state index in [0.29, 0.717) is 23.6 Å². The predicted octanol–water partition coefficient (Wildman–Crippen LogP) is 3.64. The Labute approximate surface area is 202 Å². The van der Waals surface area contributed by atoms with Crippen LogP contribution in [0.4, 0.5) is 5.69 Å². The molecular weight excluding hydrogens is 464 g/mol. The van der Waals surface area contributed by atoms with E-state index in [1.165, 1.54) is 37.1 Å². The molecule has 0 fully saturated rings. The summed E-state index contributed by atoms with van der Waals surface area (Å²) in [5, 5.41) is 14.6. The van der Waals surface area contributed by atoms with Crippen LogP contribution < -0.4 is 5.32 Å². The fourth-order valence-electron chi connectivity index (χ4n) is 3.56. The predicted molar refractivity (Wildman–Crippen MR) is 127 cm³/mol. The Hall–Kier alpha value is -2.89. The van der Waals surface area contributed by atoms with E-state index in [9.17, 15) is 19.7 Å². The lowest BCUT2D eigenvalue weighted by Crippen LogP contribution is -2.34. The third kappa shape index (κ3) is 6.58. The number of esters is 2. The van der Waals surface area contributed by atoms with Gasteiger partial charge in [-0.2, -0.15) is 0 Å². The number of nitrogens with one attached hydrogen (secondary N) is 1. The fourth-order valence-corrected chi connectivity index (χ4v) is 4.46. The molecule has 2 unspecified atom stereocenters. The van der Waals surface area contributed by atoms with Crippen LogP contribution in [0, 0.1) is 10.1 Å². The number of dihydropyridines is 1. The second-order valence-electron chi connectivity index (χ2n) is 7.07. The van der Waals surface area contributed by atoms with Crippen LogP contribution in [0.15, 0.2) is 46.8 Å². The Bertz CT molecular complexity index is 975. The molecule has 0 saturated carbocycles. The van der Waals surface area contributed by atoms with E-state index < -0.39 is 28.4 Å². The van der Waals surface area contributed by atoms with Crippen LogP contribution in [0.3, 0.4) is 0 Å². The molecule has 1 aromatic carbocycles. The standard InChI is InChI=1S/C23H30N2O8S/c1-6-31-21(26)18-14(4)24-17(13-34-23(30-5)33-8-3)20(22(27)32-7-2)19(18)15-10-9-11-16(12-15)25(28)29/h9-12,19,23-24H,6-8,13H2,1-5H3. The quantitative estimate of drug-likeness (QED) is 0.199. The lowest BCUT2D eigenvalue weighted by molar-refractivity contribution is -0.384. The number of ether oxygens (including phenoxy) is 4. The minimum atomic E-state index is -0.928. The van der Waals surface area contributed by atoms with Crippen molar-refractivity contribution in [1.82, 2.24) is 5.32 Å². The molecule has 1 aliphatic rings. The van der Waals surface area contributed by atoms with E-state index in [4.69, 9.17) is 18.9 Å². The van der Waals surface area contributed by atoms with Gasteiger partial charge in [0.25, 0.3) is 5.69 Å². The molecule has 0 saturated heterocycles. The van der Waals surface area contributed by atoms with Crippen LogP contribution in [-0.2, 0) is 28.5 Å². The van der Waals surface area contributed by atoms with E-state index in [1.54, 1.807) is 26.8 Å². The molecule has 0 amide bonds. The summed E-state index contributed by atoms with van der Waals surface area (Å²) in [5.74, 6) is -1.92. The maximum absolute atomic E-state index is 13.2. The molecule has 1 aliphatic heterocycles. The number of benzene rings is 1. The zero-order chi connectivity index (χ0) is 25.3. The van der Waals surface area contributed by atoms with Crippen molar-refractivity contribution in [3.63, 3.8) is 0 Å². The van der Waals surface area contributed by atoms with Gasteiger partial charge in [0.05, 0.1) is 35.2 Å². The summed E-state index contributed by atoms with van der Waals surface area (Å²) in [5.41, 5.74) is 0.997. The Morgan fingerprint density at radius 1 is 1.12 bits per heavy atom. The number of hydrogen-bond acceptors (Lipinski definition) is 10. The minimum absolute atomic E-state index is 0.113. The van der Waals surface area contributed by atoms with E-state index in [0.717, 1.165) is 0 Å².